The Morgan fingerprint density at radius 2 is 1.94 bits per heavy atom. The number of anilines is 1. The fourth-order valence-electron chi connectivity index (χ4n) is 1.50. The van der Waals surface area contributed by atoms with Crippen molar-refractivity contribution in [3.05, 3.63) is 41.6 Å². The first-order chi connectivity index (χ1) is 7.88. The number of hydrogen-bond donors (Lipinski definition) is 1. The monoisotopic (exact) mass is 241 g/mol. The zero-order chi connectivity index (χ0) is 12.6. The summed E-state index contributed by atoms with van der Waals surface area (Å²) in [5, 5.41) is 3.89. The molecule has 2 N–H and O–H groups in total. The van der Waals surface area contributed by atoms with Crippen LogP contribution in [-0.2, 0) is 6.18 Å². The minimum atomic E-state index is -4.36. The smallest absolute Gasteiger partial charge is 0.382 e. The van der Waals surface area contributed by atoms with Gasteiger partial charge in [-0.05, 0) is 24.6 Å². The average Bonchev–Trinajstić information content (AvgIpc) is 2.63. The van der Waals surface area contributed by atoms with Crippen molar-refractivity contribution >= 4 is 5.82 Å². The summed E-state index contributed by atoms with van der Waals surface area (Å²) in [6.45, 7) is 1.72. The number of nitrogen functional groups attached to an aromatic ring is 1. The molecule has 17 heavy (non-hydrogen) atoms. The van der Waals surface area contributed by atoms with Crippen LogP contribution < -0.4 is 5.73 Å². The van der Waals surface area contributed by atoms with Crippen LogP contribution in [0.4, 0.5) is 19.0 Å². The number of aromatic nitrogens is 2. The van der Waals surface area contributed by atoms with Gasteiger partial charge in [0.15, 0.2) is 0 Å². The van der Waals surface area contributed by atoms with E-state index >= 15 is 0 Å². The molecule has 0 unspecified atom stereocenters. The lowest BCUT2D eigenvalue weighted by Crippen LogP contribution is -2.07. The normalized spacial score (nSPS) is 11.8. The Kier molecular flexibility index (Phi) is 2.57. The van der Waals surface area contributed by atoms with E-state index in [0.29, 0.717) is 11.3 Å². The lowest BCUT2D eigenvalue weighted by atomic mass is 10.1. The Morgan fingerprint density at radius 3 is 2.47 bits per heavy atom. The first-order valence-electron chi connectivity index (χ1n) is 4.87. The molecule has 2 rings (SSSR count). The molecule has 2 aromatic rings. The van der Waals surface area contributed by atoms with Gasteiger partial charge in [0.1, 0.15) is 5.82 Å². The summed E-state index contributed by atoms with van der Waals surface area (Å²) in [6.07, 6.45) is -2.83. The SMILES string of the molecule is Cc1ccc(C(F)(F)F)cc1-n1ccc(N)n1. The molecule has 0 saturated heterocycles. The molecule has 1 aromatic carbocycles. The predicted molar refractivity (Wildman–Crippen MR) is 57.7 cm³/mol. The van der Waals surface area contributed by atoms with E-state index in [1.54, 1.807) is 6.92 Å². The van der Waals surface area contributed by atoms with Gasteiger partial charge in [-0.25, -0.2) is 4.68 Å². The molecule has 1 heterocycles. The van der Waals surface area contributed by atoms with Crippen LogP contribution >= 0.6 is 0 Å². The Balaban J connectivity index is 2.54. The number of nitrogens with zero attached hydrogens (tertiary/aromatic N) is 2. The number of benzene rings is 1. The highest BCUT2D eigenvalue weighted by molar-refractivity contribution is 5.44. The van der Waals surface area contributed by atoms with Gasteiger partial charge in [0.2, 0.25) is 0 Å². The van der Waals surface area contributed by atoms with Crippen LogP contribution in [0.25, 0.3) is 5.69 Å². The highest BCUT2D eigenvalue weighted by Gasteiger charge is 2.31. The summed E-state index contributed by atoms with van der Waals surface area (Å²) in [6, 6.07) is 5.04. The molecule has 0 saturated carbocycles. The van der Waals surface area contributed by atoms with Crippen molar-refractivity contribution in [2.24, 2.45) is 0 Å². The van der Waals surface area contributed by atoms with Crippen LogP contribution in [0, 0.1) is 6.92 Å². The van der Waals surface area contributed by atoms with Crippen molar-refractivity contribution in [3.8, 4) is 5.69 Å². The first kappa shape index (κ1) is 11.5. The van der Waals surface area contributed by atoms with Crippen molar-refractivity contribution in [2.75, 3.05) is 5.73 Å². The van der Waals surface area contributed by atoms with Crippen LogP contribution in [0.3, 0.4) is 0 Å². The summed E-state index contributed by atoms with van der Waals surface area (Å²) < 4.78 is 39.0. The van der Waals surface area contributed by atoms with E-state index in [4.69, 9.17) is 5.73 Å². The number of aryl methyl sites for hydroxylation is 1. The van der Waals surface area contributed by atoms with Gasteiger partial charge < -0.3 is 5.73 Å². The van der Waals surface area contributed by atoms with Crippen molar-refractivity contribution < 1.29 is 13.2 Å². The third-order valence-electron chi connectivity index (χ3n) is 2.39. The number of halogens is 3. The minimum Gasteiger partial charge on any atom is -0.382 e. The Labute approximate surface area is 95.7 Å². The molecule has 6 heteroatoms. The van der Waals surface area contributed by atoms with E-state index in [9.17, 15) is 13.2 Å². The summed E-state index contributed by atoms with van der Waals surface area (Å²) in [4.78, 5) is 0. The van der Waals surface area contributed by atoms with Crippen molar-refractivity contribution in [2.45, 2.75) is 13.1 Å². The fraction of sp³-hybridized carbons (Fsp3) is 0.182. The third kappa shape index (κ3) is 2.25. The van der Waals surface area contributed by atoms with Crippen LogP contribution in [0.1, 0.15) is 11.1 Å². The van der Waals surface area contributed by atoms with Gasteiger partial charge in [0, 0.05) is 12.3 Å². The van der Waals surface area contributed by atoms with Gasteiger partial charge in [0.05, 0.1) is 11.3 Å². The van der Waals surface area contributed by atoms with E-state index in [0.717, 1.165) is 12.1 Å². The molecule has 0 amide bonds. The molecule has 0 aliphatic rings. The molecule has 0 atom stereocenters. The molecule has 90 valence electrons. The molecular formula is C11H10F3N3. The lowest BCUT2D eigenvalue weighted by Gasteiger charge is -2.11. The fourth-order valence-corrected chi connectivity index (χ4v) is 1.50. The molecule has 1 aromatic heterocycles. The van der Waals surface area contributed by atoms with Crippen LogP contribution in [0.2, 0.25) is 0 Å². The van der Waals surface area contributed by atoms with Crippen LogP contribution in [0.5, 0.6) is 0 Å². The van der Waals surface area contributed by atoms with Gasteiger partial charge in [-0.15, -0.1) is 0 Å². The number of rotatable bonds is 1. The molecule has 0 aliphatic carbocycles. The third-order valence-corrected chi connectivity index (χ3v) is 2.39. The average molecular weight is 241 g/mol. The van der Waals surface area contributed by atoms with E-state index in [-0.39, 0.29) is 5.82 Å². The summed E-state index contributed by atoms with van der Waals surface area (Å²) >= 11 is 0. The second kappa shape index (κ2) is 3.80. The van der Waals surface area contributed by atoms with Gasteiger partial charge in [0.25, 0.3) is 0 Å². The Hall–Kier alpha value is -1.98. The zero-order valence-corrected chi connectivity index (χ0v) is 8.99. The predicted octanol–water partition coefficient (Wildman–Crippen LogP) is 2.78. The maximum atomic E-state index is 12.6. The van der Waals surface area contributed by atoms with Crippen LogP contribution in [0.15, 0.2) is 30.5 Å². The molecular weight excluding hydrogens is 231 g/mol. The molecule has 3 nitrogen and oxygen atoms in total. The second-order valence-corrected chi connectivity index (χ2v) is 3.68. The second-order valence-electron chi connectivity index (χ2n) is 3.68. The van der Waals surface area contributed by atoms with E-state index in [2.05, 4.69) is 5.10 Å². The summed E-state index contributed by atoms with van der Waals surface area (Å²) in [5.41, 5.74) is 5.80. The highest BCUT2D eigenvalue weighted by atomic mass is 19.4. The molecule has 0 radical (unpaired) electrons. The molecule has 0 bridgehead atoms. The number of hydrogen-bond acceptors (Lipinski definition) is 2. The zero-order valence-electron chi connectivity index (χ0n) is 8.99. The highest BCUT2D eigenvalue weighted by Crippen LogP contribution is 2.31. The van der Waals surface area contributed by atoms with Gasteiger partial charge in [-0.1, -0.05) is 6.07 Å². The van der Waals surface area contributed by atoms with Gasteiger partial charge in [-0.2, -0.15) is 18.3 Å². The van der Waals surface area contributed by atoms with Crippen molar-refractivity contribution in [1.29, 1.82) is 0 Å². The molecule has 0 spiro atoms. The topological polar surface area (TPSA) is 43.8 Å². The van der Waals surface area contributed by atoms with Crippen molar-refractivity contribution in [1.82, 2.24) is 9.78 Å². The standard InChI is InChI=1S/C11H10F3N3/c1-7-2-3-8(11(12,13)14)6-9(7)17-5-4-10(15)16-17/h2-6H,1H3,(H2,15,16). The first-order valence-corrected chi connectivity index (χ1v) is 4.87. The molecule has 0 fully saturated rings. The summed E-state index contributed by atoms with van der Waals surface area (Å²) in [5.74, 6) is 0.266. The van der Waals surface area contributed by atoms with E-state index < -0.39 is 11.7 Å². The largest absolute Gasteiger partial charge is 0.416 e. The van der Waals surface area contributed by atoms with E-state index in [1.165, 1.54) is 23.0 Å². The van der Waals surface area contributed by atoms with E-state index in [1.807, 2.05) is 0 Å². The lowest BCUT2D eigenvalue weighted by molar-refractivity contribution is -0.137. The maximum absolute atomic E-state index is 12.6. The minimum absolute atomic E-state index is 0.266. The Bertz CT molecular complexity index is 543. The number of alkyl halides is 3. The van der Waals surface area contributed by atoms with Gasteiger partial charge >= 0.3 is 6.18 Å². The van der Waals surface area contributed by atoms with Gasteiger partial charge in [-0.3, -0.25) is 0 Å². The summed E-state index contributed by atoms with van der Waals surface area (Å²) in [7, 11) is 0. The van der Waals surface area contributed by atoms with Crippen molar-refractivity contribution in [3.63, 3.8) is 0 Å². The number of nitrogens with two attached hydrogens (primary N) is 1. The quantitative estimate of drug-likeness (QED) is 0.834. The molecule has 0 aliphatic heterocycles. The maximum Gasteiger partial charge on any atom is 0.416 e. The Morgan fingerprint density at radius 1 is 1.24 bits per heavy atom. The van der Waals surface area contributed by atoms with Crippen LogP contribution in [-0.4, -0.2) is 9.78 Å².